The van der Waals surface area contributed by atoms with Crippen molar-refractivity contribution in [1.29, 1.82) is 0 Å². The van der Waals surface area contributed by atoms with Crippen molar-refractivity contribution < 1.29 is 0 Å². The third-order valence-electron chi connectivity index (χ3n) is 3.04. The van der Waals surface area contributed by atoms with Crippen LogP contribution in [-0.4, -0.2) is 10.2 Å². The van der Waals surface area contributed by atoms with Gasteiger partial charge in [0.05, 0.1) is 11.4 Å². The summed E-state index contributed by atoms with van der Waals surface area (Å²) in [4.78, 5) is 0. The first-order chi connectivity index (χ1) is 6.45. The smallest absolute Gasteiger partial charge is 0.0816 e. The zero-order valence-corrected chi connectivity index (χ0v) is 7.64. The first-order valence-electron chi connectivity index (χ1n) is 5.02. The molecule has 3 heteroatoms. The predicted octanol–water partition coefficient (Wildman–Crippen LogP) is 0.959. The lowest BCUT2D eigenvalue weighted by molar-refractivity contribution is 0.646. The summed E-state index contributed by atoms with van der Waals surface area (Å²) in [6.07, 6.45) is 4.96. The molecule has 1 aromatic rings. The van der Waals surface area contributed by atoms with Gasteiger partial charge in [-0.05, 0) is 36.8 Å². The molecule has 0 saturated heterocycles. The highest BCUT2D eigenvalue weighted by Gasteiger charge is 2.21. The van der Waals surface area contributed by atoms with Crippen LogP contribution in [0.4, 0.5) is 0 Å². The third kappa shape index (κ3) is 1.07. The summed E-state index contributed by atoms with van der Waals surface area (Å²) in [5, 5.41) is 11.9. The van der Waals surface area contributed by atoms with E-state index in [2.05, 4.69) is 15.5 Å². The van der Waals surface area contributed by atoms with Gasteiger partial charge in [0.25, 0.3) is 0 Å². The summed E-state index contributed by atoms with van der Waals surface area (Å²) in [5.41, 5.74) is 5.39. The second-order valence-electron chi connectivity index (χ2n) is 3.86. The van der Waals surface area contributed by atoms with E-state index >= 15 is 0 Å². The summed E-state index contributed by atoms with van der Waals surface area (Å²) < 4.78 is 0. The zero-order chi connectivity index (χ0) is 8.67. The highest BCUT2D eigenvalue weighted by atomic mass is 15.1. The molecule has 1 aromatic heterocycles. The molecule has 0 amide bonds. The second-order valence-corrected chi connectivity index (χ2v) is 3.86. The van der Waals surface area contributed by atoms with Crippen molar-refractivity contribution in [2.75, 3.05) is 0 Å². The van der Waals surface area contributed by atoms with Gasteiger partial charge in [0.1, 0.15) is 0 Å². The van der Waals surface area contributed by atoms with E-state index in [-0.39, 0.29) is 0 Å². The molecule has 1 aliphatic heterocycles. The summed E-state index contributed by atoms with van der Waals surface area (Å²) in [7, 11) is 0. The van der Waals surface area contributed by atoms with Crippen molar-refractivity contribution >= 4 is 0 Å². The average Bonchev–Trinajstić information content (AvgIpc) is 2.65. The molecule has 0 spiro atoms. The van der Waals surface area contributed by atoms with Crippen LogP contribution in [0.15, 0.2) is 0 Å². The van der Waals surface area contributed by atoms with Crippen molar-refractivity contribution in [2.24, 2.45) is 0 Å². The standard InChI is InChI=1S/C10H13N3/c1-2-4-9-7(3-1)8-5-11-6-10(8)13-12-9/h11H,1-6H2. The number of hydrogen-bond donors (Lipinski definition) is 1. The van der Waals surface area contributed by atoms with Crippen LogP contribution in [0.5, 0.6) is 0 Å². The second kappa shape index (κ2) is 2.77. The molecule has 2 aliphatic rings. The minimum absolute atomic E-state index is 0.912. The summed E-state index contributed by atoms with van der Waals surface area (Å²) in [6.45, 7) is 1.92. The molecule has 13 heavy (non-hydrogen) atoms. The summed E-state index contributed by atoms with van der Waals surface area (Å²) in [6, 6.07) is 0. The van der Waals surface area contributed by atoms with Crippen LogP contribution in [0.25, 0.3) is 0 Å². The van der Waals surface area contributed by atoms with Crippen LogP contribution in [0, 0.1) is 0 Å². The molecule has 0 fully saturated rings. The van der Waals surface area contributed by atoms with Crippen molar-refractivity contribution in [2.45, 2.75) is 38.8 Å². The van der Waals surface area contributed by atoms with Gasteiger partial charge in [-0.25, -0.2) is 0 Å². The maximum atomic E-state index is 4.30. The highest BCUT2D eigenvalue weighted by Crippen LogP contribution is 2.26. The largest absolute Gasteiger partial charge is 0.307 e. The van der Waals surface area contributed by atoms with Gasteiger partial charge in [0, 0.05) is 13.1 Å². The van der Waals surface area contributed by atoms with E-state index in [4.69, 9.17) is 0 Å². The molecular weight excluding hydrogens is 162 g/mol. The molecule has 1 N–H and O–H groups in total. The molecule has 0 aromatic carbocycles. The Morgan fingerprint density at radius 3 is 2.69 bits per heavy atom. The number of hydrogen-bond acceptors (Lipinski definition) is 3. The molecule has 3 rings (SSSR count). The fraction of sp³-hybridized carbons (Fsp3) is 0.600. The molecular formula is C10H13N3. The molecule has 0 radical (unpaired) electrons. The Kier molecular flexibility index (Phi) is 1.59. The van der Waals surface area contributed by atoms with Gasteiger partial charge >= 0.3 is 0 Å². The topological polar surface area (TPSA) is 37.8 Å². The number of aryl methyl sites for hydroxylation is 1. The minimum Gasteiger partial charge on any atom is -0.307 e. The normalized spacial score (nSPS) is 19.7. The number of nitrogens with zero attached hydrogens (tertiary/aromatic N) is 2. The Bertz CT molecular complexity index is 346. The Labute approximate surface area is 77.6 Å². The minimum atomic E-state index is 0.912. The van der Waals surface area contributed by atoms with Crippen LogP contribution < -0.4 is 5.32 Å². The van der Waals surface area contributed by atoms with Crippen LogP contribution >= 0.6 is 0 Å². The molecule has 3 nitrogen and oxygen atoms in total. The Morgan fingerprint density at radius 1 is 0.846 bits per heavy atom. The number of aromatic nitrogens is 2. The Hall–Kier alpha value is -0.960. The monoisotopic (exact) mass is 175 g/mol. The molecule has 0 bridgehead atoms. The van der Waals surface area contributed by atoms with Gasteiger partial charge in [-0.2, -0.15) is 10.2 Å². The van der Waals surface area contributed by atoms with Crippen LogP contribution in [0.1, 0.15) is 35.4 Å². The lowest BCUT2D eigenvalue weighted by Crippen LogP contribution is -2.11. The van der Waals surface area contributed by atoms with E-state index in [9.17, 15) is 0 Å². The first kappa shape index (κ1) is 7.44. The number of fused-ring (bicyclic) bond motifs is 3. The Balaban J connectivity index is 2.17. The number of nitrogens with one attached hydrogen (secondary N) is 1. The average molecular weight is 175 g/mol. The van der Waals surface area contributed by atoms with E-state index in [1.165, 1.54) is 41.8 Å². The van der Waals surface area contributed by atoms with E-state index in [1.54, 1.807) is 0 Å². The van der Waals surface area contributed by atoms with Gasteiger partial charge < -0.3 is 5.32 Å². The zero-order valence-electron chi connectivity index (χ0n) is 7.64. The van der Waals surface area contributed by atoms with E-state index in [0.29, 0.717) is 0 Å². The molecule has 2 heterocycles. The predicted molar refractivity (Wildman–Crippen MR) is 49.2 cm³/mol. The van der Waals surface area contributed by atoms with Gasteiger partial charge in [0.15, 0.2) is 0 Å². The summed E-state index contributed by atoms with van der Waals surface area (Å²) >= 11 is 0. The quantitative estimate of drug-likeness (QED) is 0.638. The maximum absolute atomic E-state index is 4.30. The van der Waals surface area contributed by atoms with Crippen molar-refractivity contribution in [3.05, 3.63) is 22.5 Å². The van der Waals surface area contributed by atoms with E-state index in [0.717, 1.165) is 19.5 Å². The SMILES string of the molecule is C1CCc2c(nnc3c2CNC3)C1. The van der Waals surface area contributed by atoms with Gasteiger partial charge in [-0.1, -0.05) is 0 Å². The van der Waals surface area contributed by atoms with Gasteiger partial charge in [-0.3, -0.25) is 0 Å². The lowest BCUT2D eigenvalue weighted by atomic mass is 9.92. The molecule has 0 saturated carbocycles. The summed E-state index contributed by atoms with van der Waals surface area (Å²) in [5.74, 6) is 0. The van der Waals surface area contributed by atoms with Gasteiger partial charge in [0.2, 0.25) is 0 Å². The fourth-order valence-electron chi connectivity index (χ4n) is 2.34. The lowest BCUT2D eigenvalue weighted by Gasteiger charge is -2.16. The van der Waals surface area contributed by atoms with Crippen molar-refractivity contribution in [3.8, 4) is 0 Å². The molecule has 0 atom stereocenters. The van der Waals surface area contributed by atoms with E-state index in [1.807, 2.05) is 0 Å². The van der Waals surface area contributed by atoms with Crippen LogP contribution in [0.2, 0.25) is 0 Å². The van der Waals surface area contributed by atoms with Crippen LogP contribution in [0.3, 0.4) is 0 Å². The van der Waals surface area contributed by atoms with Crippen molar-refractivity contribution in [1.82, 2.24) is 15.5 Å². The third-order valence-corrected chi connectivity index (χ3v) is 3.04. The van der Waals surface area contributed by atoms with E-state index < -0.39 is 0 Å². The fourth-order valence-corrected chi connectivity index (χ4v) is 2.34. The number of rotatable bonds is 0. The van der Waals surface area contributed by atoms with Gasteiger partial charge in [-0.15, -0.1) is 0 Å². The Morgan fingerprint density at radius 2 is 1.69 bits per heavy atom. The van der Waals surface area contributed by atoms with Crippen LogP contribution in [-0.2, 0) is 25.9 Å². The highest BCUT2D eigenvalue weighted by molar-refractivity contribution is 5.36. The maximum Gasteiger partial charge on any atom is 0.0816 e. The first-order valence-corrected chi connectivity index (χ1v) is 5.02. The van der Waals surface area contributed by atoms with Crippen molar-refractivity contribution in [3.63, 3.8) is 0 Å². The molecule has 68 valence electrons. The molecule has 1 aliphatic carbocycles. The molecule has 0 unspecified atom stereocenters.